The van der Waals surface area contributed by atoms with E-state index < -0.39 is 0 Å². The molecule has 0 unspecified atom stereocenters. The van der Waals surface area contributed by atoms with Crippen LogP contribution in [0.5, 0.6) is 0 Å². The van der Waals surface area contributed by atoms with Gasteiger partial charge in [-0.15, -0.1) is 0 Å². The minimum atomic E-state index is 0.588. The zero-order valence-electron chi connectivity index (χ0n) is 27.5. The molecule has 10 aromatic rings. The molecule has 4 nitrogen and oxygen atoms in total. The first-order valence-electron chi connectivity index (χ1n) is 17.1. The third kappa shape index (κ3) is 5.22. The lowest BCUT2D eigenvalue weighted by Crippen LogP contribution is -2.00. The molecule has 0 atom stereocenters. The summed E-state index contributed by atoms with van der Waals surface area (Å²) in [6, 6.07) is 61.2. The Labute approximate surface area is 294 Å². The van der Waals surface area contributed by atoms with Crippen molar-refractivity contribution in [2.24, 2.45) is 0 Å². The summed E-state index contributed by atoms with van der Waals surface area (Å²) >= 11 is 0. The second-order valence-electron chi connectivity index (χ2n) is 12.9. The number of furan rings is 1. The van der Waals surface area contributed by atoms with Crippen LogP contribution >= 0.6 is 0 Å². The topological polar surface area (TPSA) is 51.8 Å². The Balaban J connectivity index is 1.22. The van der Waals surface area contributed by atoms with Gasteiger partial charge in [0.2, 0.25) is 0 Å². The van der Waals surface area contributed by atoms with Crippen LogP contribution in [0.3, 0.4) is 0 Å². The normalized spacial score (nSPS) is 11.5. The summed E-state index contributed by atoms with van der Waals surface area (Å²) in [5.74, 6) is 1.83. The average molecular weight is 652 g/mol. The van der Waals surface area contributed by atoms with Crippen LogP contribution in [0.4, 0.5) is 0 Å². The number of hydrogen-bond donors (Lipinski definition) is 0. The molecule has 0 amide bonds. The van der Waals surface area contributed by atoms with Gasteiger partial charge in [-0.25, -0.2) is 15.0 Å². The summed E-state index contributed by atoms with van der Waals surface area (Å²) in [7, 11) is 0. The predicted octanol–water partition coefficient (Wildman–Crippen LogP) is 12.4. The van der Waals surface area contributed by atoms with Crippen molar-refractivity contribution in [3.8, 4) is 56.4 Å². The van der Waals surface area contributed by atoms with Gasteiger partial charge in [-0.2, -0.15) is 0 Å². The highest BCUT2D eigenvalue weighted by Crippen LogP contribution is 2.42. The fourth-order valence-corrected chi connectivity index (χ4v) is 7.11. The minimum Gasteiger partial charge on any atom is -0.456 e. The van der Waals surface area contributed by atoms with E-state index in [1.165, 1.54) is 27.3 Å². The Bertz CT molecular complexity index is 2840. The highest BCUT2D eigenvalue weighted by Gasteiger charge is 2.19. The molecule has 10 rings (SSSR count). The van der Waals surface area contributed by atoms with E-state index in [0.29, 0.717) is 17.5 Å². The molecule has 238 valence electrons. The molecule has 0 fully saturated rings. The number of aromatic nitrogens is 3. The van der Waals surface area contributed by atoms with Crippen LogP contribution in [-0.4, -0.2) is 15.0 Å². The second-order valence-corrected chi connectivity index (χ2v) is 12.9. The van der Waals surface area contributed by atoms with Crippen molar-refractivity contribution in [3.63, 3.8) is 0 Å². The Kier molecular flexibility index (Phi) is 6.78. The molecule has 0 radical (unpaired) electrons. The van der Waals surface area contributed by atoms with Crippen molar-refractivity contribution in [1.82, 2.24) is 15.0 Å². The monoisotopic (exact) mass is 651 g/mol. The molecule has 0 N–H and O–H groups in total. The Morgan fingerprint density at radius 2 is 0.804 bits per heavy atom. The van der Waals surface area contributed by atoms with Gasteiger partial charge in [-0.05, 0) is 80.2 Å². The lowest BCUT2D eigenvalue weighted by molar-refractivity contribution is 0.669. The van der Waals surface area contributed by atoms with Gasteiger partial charge in [-0.1, -0.05) is 140 Å². The molecule has 0 aliphatic rings. The van der Waals surface area contributed by atoms with Crippen LogP contribution in [0, 0.1) is 0 Å². The quantitative estimate of drug-likeness (QED) is 0.186. The van der Waals surface area contributed by atoms with Crippen LogP contribution in [-0.2, 0) is 0 Å². The Morgan fingerprint density at radius 1 is 0.314 bits per heavy atom. The van der Waals surface area contributed by atoms with Gasteiger partial charge < -0.3 is 4.42 Å². The van der Waals surface area contributed by atoms with Gasteiger partial charge in [0.05, 0.1) is 0 Å². The third-order valence-corrected chi connectivity index (χ3v) is 9.66. The van der Waals surface area contributed by atoms with E-state index in [1.807, 2.05) is 60.7 Å². The molecule has 0 bridgehead atoms. The zero-order valence-corrected chi connectivity index (χ0v) is 27.5. The maximum Gasteiger partial charge on any atom is 0.164 e. The van der Waals surface area contributed by atoms with E-state index in [0.717, 1.165) is 55.1 Å². The lowest BCUT2D eigenvalue weighted by Gasteiger charge is -2.12. The van der Waals surface area contributed by atoms with Crippen molar-refractivity contribution in [2.75, 3.05) is 0 Å². The molecule has 0 saturated carbocycles. The van der Waals surface area contributed by atoms with Gasteiger partial charge in [-0.3, -0.25) is 0 Å². The van der Waals surface area contributed by atoms with Crippen LogP contribution in [0.1, 0.15) is 0 Å². The lowest BCUT2D eigenvalue weighted by atomic mass is 9.93. The average Bonchev–Trinajstić information content (AvgIpc) is 3.57. The first-order chi connectivity index (χ1) is 25.2. The molecule has 4 heteroatoms. The summed E-state index contributed by atoms with van der Waals surface area (Å²) in [5, 5.41) is 6.82. The summed E-state index contributed by atoms with van der Waals surface area (Å²) in [5.41, 5.74) is 8.92. The van der Waals surface area contributed by atoms with Crippen molar-refractivity contribution in [2.45, 2.75) is 0 Å². The van der Waals surface area contributed by atoms with Gasteiger partial charge in [0, 0.05) is 27.5 Å². The maximum absolute atomic E-state index is 6.70. The molecular formula is C47H29N3O. The van der Waals surface area contributed by atoms with Crippen LogP contribution in [0.25, 0.3) is 99.9 Å². The number of rotatable bonds is 5. The van der Waals surface area contributed by atoms with Crippen LogP contribution < -0.4 is 0 Å². The molecule has 8 aromatic carbocycles. The second kappa shape index (κ2) is 11.9. The van der Waals surface area contributed by atoms with E-state index >= 15 is 0 Å². The van der Waals surface area contributed by atoms with E-state index in [9.17, 15) is 0 Å². The summed E-state index contributed by atoms with van der Waals surface area (Å²) in [6.07, 6.45) is 0. The fraction of sp³-hybridized carbons (Fsp3) is 0. The minimum absolute atomic E-state index is 0.588. The van der Waals surface area contributed by atoms with Crippen molar-refractivity contribution < 1.29 is 4.42 Å². The zero-order chi connectivity index (χ0) is 33.7. The number of fused-ring (bicyclic) bond motifs is 5. The number of benzene rings is 8. The highest BCUT2D eigenvalue weighted by atomic mass is 16.3. The molecule has 0 aliphatic carbocycles. The predicted molar refractivity (Wildman–Crippen MR) is 209 cm³/mol. The van der Waals surface area contributed by atoms with E-state index in [4.69, 9.17) is 19.4 Å². The molecule has 0 saturated heterocycles. The van der Waals surface area contributed by atoms with Crippen LogP contribution in [0.2, 0.25) is 0 Å². The van der Waals surface area contributed by atoms with E-state index in [1.54, 1.807) is 0 Å². The molecule has 0 spiro atoms. The van der Waals surface area contributed by atoms with Crippen LogP contribution in [0.15, 0.2) is 180 Å². The fourth-order valence-electron chi connectivity index (χ4n) is 7.11. The third-order valence-electron chi connectivity index (χ3n) is 9.66. The highest BCUT2D eigenvalue weighted by molar-refractivity contribution is 6.17. The van der Waals surface area contributed by atoms with Crippen molar-refractivity contribution in [3.05, 3.63) is 176 Å². The number of nitrogens with zero attached hydrogens (tertiary/aromatic N) is 3. The molecule has 2 aromatic heterocycles. The van der Waals surface area contributed by atoms with Gasteiger partial charge in [0.1, 0.15) is 11.2 Å². The Morgan fingerprint density at radius 3 is 1.43 bits per heavy atom. The SMILES string of the molecule is c1ccc(-c2ccc3cc(-c4cc(-c5nc(-c6ccccc6)nc(-c6ccccc6)n5)cc5oc6cc7ccccc7cc6c45)ccc3c2)cc1. The van der Waals surface area contributed by atoms with E-state index in [-0.39, 0.29) is 0 Å². The molecule has 0 aliphatic heterocycles. The number of hydrogen-bond acceptors (Lipinski definition) is 4. The largest absolute Gasteiger partial charge is 0.456 e. The summed E-state index contributed by atoms with van der Waals surface area (Å²) in [4.78, 5) is 15.1. The van der Waals surface area contributed by atoms with Gasteiger partial charge in [0.25, 0.3) is 0 Å². The Hall–Kier alpha value is -6.91. The summed E-state index contributed by atoms with van der Waals surface area (Å²) in [6.45, 7) is 0. The van der Waals surface area contributed by atoms with E-state index in [2.05, 4.69) is 115 Å². The smallest absolute Gasteiger partial charge is 0.164 e. The van der Waals surface area contributed by atoms with Crippen molar-refractivity contribution in [1.29, 1.82) is 0 Å². The van der Waals surface area contributed by atoms with Gasteiger partial charge >= 0.3 is 0 Å². The summed E-state index contributed by atoms with van der Waals surface area (Å²) < 4.78 is 6.70. The maximum atomic E-state index is 6.70. The standard InChI is InChI=1S/C47H29N3O/c1-4-12-30(13-5-1)35-20-21-37-25-38(23-22-36(37)24-35)40-27-39(29-43-44(40)41-26-33-18-10-11-19-34(33)28-42(41)51-43)47-49-45(31-14-6-2-7-15-31)48-46(50-47)32-16-8-3-9-17-32/h1-29H. The van der Waals surface area contributed by atoms with Gasteiger partial charge in [0.15, 0.2) is 17.5 Å². The molecule has 51 heavy (non-hydrogen) atoms. The first-order valence-corrected chi connectivity index (χ1v) is 17.1. The van der Waals surface area contributed by atoms with Crippen molar-refractivity contribution >= 4 is 43.5 Å². The first kappa shape index (κ1) is 29.0. The molecule has 2 heterocycles. The molecular weight excluding hydrogens is 623 g/mol.